The number of carbonyl (C=O) groups is 2. The summed E-state index contributed by atoms with van der Waals surface area (Å²) in [5, 5.41) is 9.55. The Labute approximate surface area is 292 Å². The Balaban J connectivity index is 4.01. The summed E-state index contributed by atoms with van der Waals surface area (Å²) in [4.78, 5) is 26.8. The van der Waals surface area contributed by atoms with Gasteiger partial charge in [-0.3, -0.25) is 9.59 Å². The van der Waals surface area contributed by atoms with Crippen LogP contribution >= 0.6 is 0 Å². The number of hydrogen-bond acceptors (Lipinski definition) is 6. The lowest BCUT2D eigenvalue weighted by atomic mass is 10.0. The van der Waals surface area contributed by atoms with E-state index in [0.29, 0.717) is 19.4 Å². The van der Waals surface area contributed by atoms with Gasteiger partial charge in [-0.15, -0.1) is 0 Å². The highest BCUT2D eigenvalue weighted by Gasteiger charge is 2.15. The third-order valence-electron chi connectivity index (χ3n) is 9.45. The molecule has 0 unspecified atom stereocenters. The molecule has 0 heterocycles. The second-order valence-corrected chi connectivity index (χ2v) is 14.1. The van der Waals surface area contributed by atoms with Gasteiger partial charge < -0.3 is 19.5 Å². The largest absolute Gasteiger partial charge is 0.466 e. The zero-order chi connectivity index (χ0) is 34.5. The molecule has 0 radical (unpaired) electrons. The highest BCUT2D eigenvalue weighted by molar-refractivity contribution is 5.69. The van der Waals surface area contributed by atoms with Gasteiger partial charge in [0, 0.05) is 19.4 Å². The second-order valence-electron chi connectivity index (χ2n) is 14.1. The Morgan fingerprint density at radius 1 is 0.489 bits per heavy atom. The Morgan fingerprint density at radius 2 is 0.894 bits per heavy atom. The normalized spacial score (nSPS) is 11.5. The summed E-state index contributed by atoms with van der Waals surface area (Å²) < 4.78 is 11.3. The Hall–Kier alpha value is -1.14. The van der Waals surface area contributed by atoms with Crippen molar-refractivity contribution < 1.29 is 24.2 Å². The first-order valence-corrected chi connectivity index (χ1v) is 20.8. The van der Waals surface area contributed by atoms with Crippen molar-refractivity contribution in [2.75, 3.05) is 32.8 Å². The SMILES string of the molecule is CCCCCCCCC(CCCCCCCC)OC(=O)CCCCN(CCO)CCCCCCCCCCCC(=O)OCCCCC. The Morgan fingerprint density at radius 3 is 1.43 bits per heavy atom. The monoisotopic (exact) mass is 668 g/mol. The molecule has 0 amide bonds. The van der Waals surface area contributed by atoms with Crippen molar-refractivity contribution in [2.24, 2.45) is 0 Å². The summed E-state index contributed by atoms with van der Waals surface area (Å²) in [6.07, 6.45) is 34.4. The summed E-state index contributed by atoms with van der Waals surface area (Å²) >= 11 is 0. The molecule has 6 nitrogen and oxygen atoms in total. The lowest BCUT2D eigenvalue weighted by Crippen LogP contribution is -2.29. The average Bonchev–Trinajstić information content (AvgIpc) is 3.06. The van der Waals surface area contributed by atoms with Gasteiger partial charge in [0.05, 0.1) is 13.2 Å². The fraction of sp³-hybridized carbons (Fsp3) is 0.951. The van der Waals surface area contributed by atoms with E-state index in [2.05, 4.69) is 25.7 Å². The lowest BCUT2D eigenvalue weighted by Gasteiger charge is -2.21. The van der Waals surface area contributed by atoms with Crippen LogP contribution in [0, 0.1) is 0 Å². The number of esters is 2. The minimum atomic E-state index is -0.0276. The predicted molar refractivity (Wildman–Crippen MR) is 200 cm³/mol. The second kappa shape index (κ2) is 37.7. The van der Waals surface area contributed by atoms with Gasteiger partial charge in [0.1, 0.15) is 6.10 Å². The van der Waals surface area contributed by atoms with Crippen molar-refractivity contribution in [3.63, 3.8) is 0 Å². The standard InChI is InChI=1S/C41H81NO5/c1-4-7-10-12-19-23-30-39(31-24-20-13-11-8-5-2)47-41(45)33-26-28-35-42(36-37-43)34-27-22-18-16-14-15-17-21-25-32-40(44)46-38-29-9-6-3/h39,43H,4-38H2,1-3H3. The van der Waals surface area contributed by atoms with Gasteiger partial charge in [0.15, 0.2) is 0 Å². The average molecular weight is 668 g/mol. The summed E-state index contributed by atoms with van der Waals surface area (Å²) in [5.41, 5.74) is 0. The molecule has 47 heavy (non-hydrogen) atoms. The van der Waals surface area contributed by atoms with E-state index in [1.807, 2.05) is 0 Å². The van der Waals surface area contributed by atoms with Crippen LogP contribution in [0.1, 0.15) is 213 Å². The molecule has 0 aromatic carbocycles. The van der Waals surface area contributed by atoms with E-state index >= 15 is 0 Å². The van der Waals surface area contributed by atoms with Gasteiger partial charge in [0.25, 0.3) is 0 Å². The van der Waals surface area contributed by atoms with Gasteiger partial charge in [-0.1, -0.05) is 143 Å². The fourth-order valence-corrected chi connectivity index (χ4v) is 6.35. The number of aliphatic hydroxyl groups excluding tert-OH is 1. The van der Waals surface area contributed by atoms with Crippen LogP contribution in [-0.2, 0) is 19.1 Å². The van der Waals surface area contributed by atoms with Crippen LogP contribution in [0.3, 0.4) is 0 Å². The quantitative estimate of drug-likeness (QED) is 0.0521. The maximum absolute atomic E-state index is 12.7. The molecule has 6 heteroatoms. The minimum absolute atomic E-state index is 0.0130. The van der Waals surface area contributed by atoms with Crippen molar-refractivity contribution in [1.29, 1.82) is 0 Å². The molecule has 0 aliphatic rings. The van der Waals surface area contributed by atoms with Crippen LogP contribution in [0.5, 0.6) is 0 Å². The van der Waals surface area contributed by atoms with Crippen LogP contribution in [0.25, 0.3) is 0 Å². The van der Waals surface area contributed by atoms with E-state index in [-0.39, 0.29) is 24.6 Å². The van der Waals surface area contributed by atoms with E-state index in [1.54, 1.807) is 0 Å². The summed E-state index contributed by atoms with van der Waals surface area (Å²) in [7, 11) is 0. The van der Waals surface area contributed by atoms with Crippen molar-refractivity contribution in [3.05, 3.63) is 0 Å². The number of carbonyl (C=O) groups excluding carboxylic acids is 2. The first-order chi connectivity index (χ1) is 23.1. The number of nitrogens with zero attached hydrogens (tertiary/aromatic N) is 1. The molecular formula is C41H81NO5. The number of hydrogen-bond donors (Lipinski definition) is 1. The first kappa shape index (κ1) is 45.9. The lowest BCUT2D eigenvalue weighted by molar-refractivity contribution is -0.150. The van der Waals surface area contributed by atoms with Crippen LogP contribution < -0.4 is 0 Å². The van der Waals surface area contributed by atoms with Gasteiger partial charge >= 0.3 is 11.9 Å². The van der Waals surface area contributed by atoms with Crippen LogP contribution in [-0.4, -0.2) is 60.9 Å². The number of unbranched alkanes of at least 4 members (excludes halogenated alkanes) is 21. The molecule has 1 N–H and O–H groups in total. The molecule has 0 rings (SSSR count). The summed E-state index contributed by atoms with van der Waals surface area (Å²) in [6.45, 7) is 10.1. The van der Waals surface area contributed by atoms with E-state index in [4.69, 9.17) is 9.47 Å². The molecule has 0 bridgehead atoms. The van der Waals surface area contributed by atoms with E-state index in [1.165, 1.54) is 122 Å². The zero-order valence-corrected chi connectivity index (χ0v) is 31.9. The molecule has 0 saturated carbocycles. The van der Waals surface area contributed by atoms with E-state index < -0.39 is 0 Å². The molecule has 0 spiro atoms. The van der Waals surface area contributed by atoms with Gasteiger partial charge in [-0.05, 0) is 70.9 Å². The molecule has 0 aromatic rings. The third kappa shape index (κ3) is 34.5. The van der Waals surface area contributed by atoms with Crippen LogP contribution in [0.4, 0.5) is 0 Å². The Bertz CT molecular complexity index is 642. The maximum Gasteiger partial charge on any atom is 0.306 e. The molecule has 0 aliphatic carbocycles. The number of ether oxygens (including phenoxy) is 2. The highest BCUT2D eigenvalue weighted by Crippen LogP contribution is 2.18. The third-order valence-corrected chi connectivity index (χ3v) is 9.45. The first-order valence-electron chi connectivity index (χ1n) is 20.8. The van der Waals surface area contributed by atoms with Crippen molar-refractivity contribution >= 4 is 11.9 Å². The minimum Gasteiger partial charge on any atom is -0.466 e. The van der Waals surface area contributed by atoms with E-state index in [9.17, 15) is 14.7 Å². The van der Waals surface area contributed by atoms with Crippen LogP contribution in [0.15, 0.2) is 0 Å². The van der Waals surface area contributed by atoms with Gasteiger partial charge in [-0.2, -0.15) is 0 Å². The smallest absolute Gasteiger partial charge is 0.306 e. The topological polar surface area (TPSA) is 76.1 Å². The molecule has 0 aliphatic heterocycles. The zero-order valence-electron chi connectivity index (χ0n) is 31.9. The fourth-order valence-electron chi connectivity index (χ4n) is 6.35. The molecule has 0 fully saturated rings. The van der Waals surface area contributed by atoms with Gasteiger partial charge in [-0.25, -0.2) is 0 Å². The summed E-state index contributed by atoms with van der Waals surface area (Å²) in [6, 6.07) is 0. The predicted octanol–water partition coefficient (Wildman–Crippen LogP) is 11.5. The molecular weight excluding hydrogens is 586 g/mol. The molecule has 280 valence electrons. The number of rotatable bonds is 38. The number of aliphatic hydroxyl groups is 1. The summed E-state index contributed by atoms with van der Waals surface area (Å²) in [5.74, 6) is -0.0406. The van der Waals surface area contributed by atoms with Crippen molar-refractivity contribution in [3.8, 4) is 0 Å². The van der Waals surface area contributed by atoms with Crippen molar-refractivity contribution in [1.82, 2.24) is 4.90 Å². The molecule has 0 atom stereocenters. The molecule has 0 aromatic heterocycles. The van der Waals surface area contributed by atoms with E-state index in [0.717, 1.165) is 77.4 Å². The Kier molecular flexibility index (Phi) is 36.8. The molecule has 0 saturated heterocycles. The highest BCUT2D eigenvalue weighted by atomic mass is 16.5. The van der Waals surface area contributed by atoms with Crippen molar-refractivity contribution in [2.45, 2.75) is 219 Å². The maximum atomic E-state index is 12.7. The van der Waals surface area contributed by atoms with Crippen LogP contribution in [0.2, 0.25) is 0 Å². The van der Waals surface area contributed by atoms with Gasteiger partial charge in [0.2, 0.25) is 0 Å².